The molecular weight excluding hydrogens is 258 g/mol. The molecule has 3 rings (SSSR count). The summed E-state index contributed by atoms with van der Waals surface area (Å²) in [4.78, 5) is 2.32. The van der Waals surface area contributed by atoms with Crippen molar-refractivity contribution in [2.75, 3.05) is 18.5 Å². The Bertz CT molecular complexity index is 462. The number of halogens is 1. The summed E-state index contributed by atoms with van der Waals surface area (Å²) in [6.07, 6.45) is 5.77. The highest BCUT2D eigenvalue weighted by Crippen LogP contribution is 2.48. The highest BCUT2D eigenvalue weighted by molar-refractivity contribution is 6.31. The molecule has 2 nitrogen and oxygen atoms in total. The van der Waals surface area contributed by atoms with Gasteiger partial charge in [-0.05, 0) is 54.7 Å². The minimum atomic E-state index is 0.00913. The molecule has 3 unspecified atom stereocenters. The van der Waals surface area contributed by atoms with E-state index in [2.05, 4.69) is 18.0 Å². The molecule has 2 fully saturated rings. The van der Waals surface area contributed by atoms with Crippen molar-refractivity contribution in [1.82, 2.24) is 0 Å². The van der Waals surface area contributed by atoms with E-state index in [0.29, 0.717) is 5.02 Å². The van der Waals surface area contributed by atoms with E-state index in [-0.39, 0.29) is 6.61 Å². The van der Waals surface area contributed by atoms with Gasteiger partial charge in [-0.1, -0.05) is 24.1 Å². The van der Waals surface area contributed by atoms with E-state index in [9.17, 15) is 0 Å². The van der Waals surface area contributed by atoms with Gasteiger partial charge in [0.1, 0.15) is 0 Å². The lowest BCUT2D eigenvalue weighted by Gasteiger charge is -2.28. The number of anilines is 1. The first-order valence-electron chi connectivity index (χ1n) is 7.27. The molecule has 1 N–H and O–H groups in total. The topological polar surface area (TPSA) is 23.5 Å². The van der Waals surface area contributed by atoms with Crippen molar-refractivity contribution in [1.29, 1.82) is 0 Å². The predicted molar refractivity (Wildman–Crippen MR) is 79.6 cm³/mol. The van der Waals surface area contributed by atoms with Gasteiger partial charge in [-0.3, -0.25) is 0 Å². The number of aliphatic hydroxyl groups is 1. The van der Waals surface area contributed by atoms with E-state index in [0.717, 1.165) is 35.5 Å². The van der Waals surface area contributed by atoms with Gasteiger partial charge in [0.15, 0.2) is 0 Å². The van der Waals surface area contributed by atoms with E-state index in [1.807, 2.05) is 12.1 Å². The summed E-state index contributed by atoms with van der Waals surface area (Å²) in [5.41, 5.74) is 1.96. The van der Waals surface area contributed by atoms with Crippen LogP contribution < -0.4 is 4.90 Å². The predicted octanol–water partition coefficient (Wildman–Crippen LogP) is 3.70. The van der Waals surface area contributed by atoms with Gasteiger partial charge in [0, 0.05) is 24.3 Å². The number of rotatable bonds is 4. The second kappa shape index (κ2) is 5.34. The zero-order chi connectivity index (χ0) is 13.4. The third kappa shape index (κ3) is 2.61. The van der Waals surface area contributed by atoms with Gasteiger partial charge in [-0.25, -0.2) is 0 Å². The Labute approximate surface area is 120 Å². The van der Waals surface area contributed by atoms with Crippen LogP contribution in [0.5, 0.6) is 0 Å². The summed E-state index contributed by atoms with van der Waals surface area (Å²) in [5.74, 6) is 2.82. The van der Waals surface area contributed by atoms with Gasteiger partial charge in [0.05, 0.1) is 6.61 Å². The molecule has 0 spiro atoms. The van der Waals surface area contributed by atoms with Crippen LogP contribution in [0.2, 0.25) is 5.02 Å². The van der Waals surface area contributed by atoms with Crippen molar-refractivity contribution in [2.24, 2.45) is 17.8 Å². The van der Waals surface area contributed by atoms with Crippen molar-refractivity contribution < 1.29 is 5.11 Å². The molecule has 0 aromatic heterocycles. The summed E-state index contributed by atoms with van der Waals surface area (Å²) in [7, 11) is 2.15. The van der Waals surface area contributed by atoms with Crippen LogP contribution in [-0.2, 0) is 6.61 Å². The van der Waals surface area contributed by atoms with Crippen LogP contribution in [-0.4, -0.2) is 18.7 Å². The van der Waals surface area contributed by atoms with Crippen LogP contribution in [0.1, 0.15) is 31.2 Å². The summed E-state index contributed by atoms with van der Waals surface area (Å²) >= 11 is 6.17. The quantitative estimate of drug-likeness (QED) is 0.908. The minimum absolute atomic E-state index is 0.00913. The van der Waals surface area contributed by atoms with Gasteiger partial charge < -0.3 is 10.0 Å². The van der Waals surface area contributed by atoms with Crippen molar-refractivity contribution in [3.05, 3.63) is 28.8 Å². The molecule has 0 aliphatic heterocycles. The Morgan fingerprint density at radius 2 is 2.16 bits per heavy atom. The molecule has 3 heteroatoms. The number of fused-ring (bicyclic) bond motifs is 2. The van der Waals surface area contributed by atoms with Crippen molar-refractivity contribution in [2.45, 2.75) is 32.3 Å². The molecule has 3 atom stereocenters. The first-order valence-corrected chi connectivity index (χ1v) is 7.65. The number of nitrogens with zero attached hydrogens (tertiary/aromatic N) is 1. The molecule has 1 aromatic rings. The van der Waals surface area contributed by atoms with E-state index >= 15 is 0 Å². The monoisotopic (exact) mass is 279 g/mol. The molecule has 104 valence electrons. The summed E-state index contributed by atoms with van der Waals surface area (Å²) in [6, 6.07) is 5.96. The summed E-state index contributed by atoms with van der Waals surface area (Å²) < 4.78 is 0. The second-order valence-electron chi connectivity index (χ2n) is 6.25. The van der Waals surface area contributed by atoms with Crippen LogP contribution in [0.3, 0.4) is 0 Å². The van der Waals surface area contributed by atoms with E-state index in [4.69, 9.17) is 16.7 Å². The van der Waals surface area contributed by atoms with Gasteiger partial charge in [-0.2, -0.15) is 0 Å². The molecule has 2 aliphatic carbocycles. The van der Waals surface area contributed by atoms with Gasteiger partial charge in [0.25, 0.3) is 0 Å². The number of benzene rings is 1. The lowest BCUT2D eigenvalue weighted by Crippen LogP contribution is -2.28. The fourth-order valence-corrected chi connectivity index (χ4v) is 4.19. The first kappa shape index (κ1) is 13.3. The van der Waals surface area contributed by atoms with E-state index < -0.39 is 0 Å². The first-order chi connectivity index (χ1) is 9.17. The highest BCUT2D eigenvalue weighted by atomic mass is 35.5. The second-order valence-corrected chi connectivity index (χ2v) is 6.66. The average molecular weight is 280 g/mol. The van der Waals surface area contributed by atoms with Crippen LogP contribution in [0.4, 0.5) is 5.69 Å². The zero-order valence-electron chi connectivity index (χ0n) is 11.5. The molecule has 2 saturated carbocycles. The van der Waals surface area contributed by atoms with Gasteiger partial charge in [-0.15, -0.1) is 0 Å². The third-order valence-electron chi connectivity index (χ3n) is 5.04. The lowest BCUT2D eigenvalue weighted by molar-refractivity contribution is 0.282. The molecule has 1 aromatic carbocycles. The fraction of sp³-hybridized carbons (Fsp3) is 0.625. The largest absolute Gasteiger partial charge is 0.392 e. The van der Waals surface area contributed by atoms with Gasteiger partial charge >= 0.3 is 0 Å². The molecule has 0 amide bonds. The molecular formula is C16H22ClNO. The molecule has 19 heavy (non-hydrogen) atoms. The maximum atomic E-state index is 9.15. The fourth-order valence-electron chi connectivity index (χ4n) is 3.96. The van der Waals surface area contributed by atoms with Crippen LogP contribution in [0.15, 0.2) is 18.2 Å². The molecule has 0 heterocycles. The average Bonchev–Trinajstić information content (AvgIpc) is 3.00. The van der Waals surface area contributed by atoms with Crippen LogP contribution in [0.25, 0.3) is 0 Å². The standard InChI is InChI=1S/C16H22ClNO/c1-18(9-14-7-11-2-3-12(14)6-11)15-5-4-13(10-19)16(17)8-15/h4-5,8,11-12,14,19H,2-3,6-7,9-10H2,1H3. The van der Waals surface area contributed by atoms with E-state index in [1.54, 1.807) is 0 Å². The van der Waals surface area contributed by atoms with Crippen molar-refractivity contribution in [3.8, 4) is 0 Å². The minimum Gasteiger partial charge on any atom is -0.392 e. The number of aliphatic hydroxyl groups excluding tert-OH is 1. The lowest BCUT2D eigenvalue weighted by atomic mass is 9.88. The highest BCUT2D eigenvalue weighted by Gasteiger charge is 2.39. The van der Waals surface area contributed by atoms with Crippen molar-refractivity contribution >= 4 is 17.3 Å². The van der Waals surface area contributed by atoms with Crippen LogP contribution >= 0.6 is 11.6 Å². The molecule has 2 bridgehead atoms. The number of hydrogen-bond donors (Lipinski definition) is 1. The molecule has 2 aliphatic rings. The molecule has 0 saturated heterocycles. The zero-order valence-corrected chi connectivity index (χ0v) is 12.2. The van der Waals surface area contributed by atoms with Gasteiger partial charge in [0.2, 0.25) is 0 Å². The van der Waals surface area contributed by atoms with Crippen LogP contribution in [0, 0.1) is 17.8 Å². The maximum absolute atomic E-state index is 9.15. The SMILES string of the molecule is CN(CC1CC2CCC1C2)c1ccc(CO)c(Cl)c1. The normalized spacial score (nSPS) is 28.9. The van der Waals surface area contributed by atoms with E-state index in [1.165, 1.54) is 25.7 Å². The Balaban J connectivity index is 1.67. The Kier molecular flexibility index (Phi) is 3.72. The Hall–Kier alpha value is -0.730. The Morgan fingerprint density at radius 3 is 2.74 bits per heavy atom. The van der Waals surface area contributed by atoms with Crippen molar-refractivity contribution in [3.63, 3.8) is 0 Å². The molecule has 0 radical (unpaired) electrons. The summed E-state index contributed by atoms with van der Waals surface area (Å²) in [5, 5.41) is 9.82. The maximum Gasteiger partial charge on any atom is 0.0696 e. The summed E-state index contributed by atoms with van der Waals surface area (Å²) in [6.45, 7) is 1.14. The smallest absolute Gasteiger partial charge is 0.0696 e. The third-order valence-corrected chi connectivity index (χ3v) is 5.39. The Morgan fingerprint density at radius 1 is 1.32 bits per heavy atom. The number of hydrogen-bond acceptors (Lipinski definition) is 2.